The van der Waals surface area contributed by atoms with Crippen LogP contribution < -0.4 is 10.0 Å². The van der Waals surface area contributed by atoms with E-state index in [1.807, 2.05) is 0 Å². The molecule has 1 aliphatic rings. The standard InChI is InChI=1S/C14H20Cl2N2O2S/c1-3-14(4-5-14)9-18-21(19,20)13-6-10(8-17-2)11(15)7-12(13)16/h6-7,17-18H,3-5,8-9H2,1-2H3. The van der Waals surface area contributed by atoms with Crippen molar-refractivity contribution >= 4 is 33.2 Å². The molecule has 0 bridgehead atoms. The first-order valence-corrected chi connectivity index (χ1v) is 9.20. The summed E-state index contributed by atoms with van der Waals surface area (Å²) in [7, 11) is -1.85. The molecule has 2 rings (SSSR count). The van der Waals surface area contributed by atoms with Gasteiger partial charge in [-0.05, 0) is 49.4 Å². The van der Waals surface area contributed by atoms with Crippen LogP contribution in [0.1, 0.15) is 31.7 Å². The molecule has 0 heterocycles. The van der Waals surface area contributed by atoms with Gasteiger partial charge in [-0.3, -0.25) is 0 Å². The van der Waals surface area contributed by atoms with Crippen LogP contribution in [0, 0.1) is 5.41 Å². The molecule has 1 saturated carbocycles. The largest absolute Gasteiger partial charge is 0.316 e. The Bertz CT molecular complexity index is 628. The van der Waals surface area contributed by atoms with Gasteiger partial charge in [0.25, 0.3) is 0 Å². The predicted molar refractivity (Wildman–Crippen MR) is 86.4 cm³/mol. The first-order valence-electron chi connectivity index (χ1n) is 6.96. The first-order chi connectivity index (χ1) is 9.83. The monoisotopic (exact) mass is 350 g/mol. The molecule has 0 unspecified atom stereocenters. The number of halogens is 2. The number of sulfonamides is 1. The third-order valence-corrected chi connectivity index (χ3v) is 6.32. The fraction of sp³-hybridized carbons (Fsp3) is 0.571. The molecule has 0 amide bonds. The maximum absolute atomic E-state index is 12.5. The molecule has 21 heavy (non-hydrogen) atoms. The van der Waals surface area contributed by atoms with Crippen molar-refractivity contribution in [2.45, 2.75) is 37.6 Å². The van der Waals surface area contributed by atoms with E-state index >= 15 is 0 Å². The Morgan fingerprint density at radius 3 is 2.43 bits per heavy atom. The van der Waals surface area contributed by atoms with Crippen LogP contribution in [0.15, 0.2) is 17.0 Å². The van der Waals surface area contributed by atoms with E-state index in [4.69, 9.17) is 23.2 Å². The van der Waals surface area contributed by atoms with Crippen molar-refractivity contribution in [2.75, 3.05) is 13.6 Å². The maximum Gasteiger partial charge on any atom is 0.242 e. The number of hydrogen-bond acceptors (Lipinski definition) is 3. The van der Waals surface area contributed by atoms with Crippen LogP contribution in [-0.2, 0) is 16.6 Å². The summed E-state index contributed by atoms with van der Waals surface area (Å²) in [6.07, 6.45) is 3.13. The molecule has 0 aliphatic heterocycles. The lowest BCUT2D eigenvalue weighted by Gasteiger charge is -2.15. The van der Waals surface area contributed by atoms with Gasteiger partial charge in [-0.1, -0.05) is 30.1 Å². The molecule has 1 aromatic rings. The van der Waals surface area contributed by atoms with Gasteiger partial charge in [0.1, 0.15) is 4.90 Å². The van der Waals surface area contributed by atoms with Gasteiger partial charge in [-0.15, -0.1) is 0 Å². The molecular formula is C14H20Cl2N2O2S. The zero-order valence-electron chi connectivity index (χ0n) is 12.2. The van der Waals surface area contributed by atoms with Gasteiger partial charge >= 0.3 is 0 Å². The van der Waals surface area contributed by atoms with Gasteiger partial charge in [-0.2, -0.15) is 0 Å². The minimum absolute atomic E-state index is 0.0886. The van der Waals surface area contributed by atoms with E-state index < -0.39 is 10.0 Å². The fourth-order valence-corrected chi connectivity index (χ4v) is 4.28. The van der Waals surface area contributed by atoms with Crippen LogP contribution >= 0.6 is 23.2 Å². The molecule has 0 aromatic heterocycles. The summed E-state index contributed by atoms with van der Waals surface area (Å²) in [5.41, 5.74) is 0.848. The van der Waals surface area contributed by atoms with Gasteiger partial charge < -0.3 is 5.32 Å². The Hall–Kier alpha value is -0.330. The van der Waals surface area contributed by atoms with Gasteiger partial charge in [-0.25, -0.2) is 13.1 Å². The Balaban J connectivity index is 2.24. The van der Waals surface area contributed by atoms with E-state index in [1.165, 1.54) is 12.1 Å². The van der Waals surface area contributed by atoms with Crippen molar-refractivity contribution < 1.29 is 8.42 Å². The van der Waals surface area contributed by atoms with E-state index in [-0.39, 0.29) is 15.3 Å². The van der Waals surface area contributed by atoms with Crippen molar-refractivity contribution in [3.63, 3.8) is 0 Å². The second kappa shape index (κ2) is 6.42. The van der Waals surface area contributed by atoms with E-state index in [0.29, 0.717) is 23.7 Å². The van der Waals surface area contributed by atoms with E-state index in [0.717, 1.165) is 19.3 Å². The predicted octanol–water partition coefficient (Wildman–Crippen LogP) is 3.18. The van der Waals surface area contributed by atoms with Crippen LogP contribution in [0.2, 0.25) is 10.0 Å². The van der Waals surface area contributed by atoms with Crippen LogP contribution in [0.4, 0.5) is 0 Å². The minimum Gasteiger partial charge on any atom is -0.316 e. The highest BCUT2D eigenvalue weighted by atomic mass is 35.5. The van der Waals surface area contributed by atoms with Crippen molar-refractivity contribution in [3.05, 3.63) is 27.7 Å². The van der Waals surface area contributed by atoms with E-state index in [1.54, 1.807) is 7.05 Å². The zero-order valence-corrected chi connectivity index (χ0v) is 14.5. The summed E-state index contributed by atoms with van der Waals surface area (Å²) in [6.45, 7) is 3.03. The number of benzene rings is 1. The fourth-order valence-electron chi connectivity index (χ4n) is 2.26. The van der Waals surface area contributed by atoms with E-state index in [2.05, 4.69) is 17.0 Å². The third-order valence-electron chi connectivity index (χ3n) is 4.10. The highest BCUT2D eigenvalue weighted by Crippen LogP contribution is 2.48. The summed E-state index contributed by atoms with van der Waals surface area (Å²) < 4.78 is 27.6. The molecule has 1 aromatic carbocycles. The van der Waals surface area contributed by atoms with Gasteiger partial charge in [0.05, 0.1) is 5.02 Å². The van der Waals surface area contributed by atoms with E-state index in [9.17, 15) is 8.42 Å². The van der Waals surface area contributed by atoms with Crippen LogP contribution in [-0.4, -0.2) is 22.0 Å². The lowest BCUT2D eigenvalue weighted by Crippen LogP contribution is -2.30. The first kappa shape index (κ1) is 17.0. The van der Waals surface area contributed by atoms with Crippen molar-refractivity contribution in [1.29, 1.82) is 0 Å². The maximum atomic E-state index is 12.5. The van der Waals surface area contributed by atoms with Gasteiger partial charge in [0, 0.05) is 18.1 Å². The molecule has 0 spiro atoms. The van der Waals surface area contributed by atoms with Crippen molar-refractivity contribution in [2.24, 2.45) is 5.41 Å². The Morgan fingerprint density at radius 1 is 1.24 bits per heavy atom. The lowest BCUT2D eigenvalue weighted by molar-refractivity contribution is 0.475. The van der Waals surface area contributed by atoms with Crippen LogP contribution in [0.3, 0.4) is 0 Å². The second-order valence-electron chi connectivity index (χ2n) is 5.58. The highest BCUT2D eigenvalue weighted by Gasteiger charge is 2.41. The van der Waals surface area contributed by atoms with Gasteiger partial charge in [0.2, 0.25) is 10.0 Å². The van der Waals surface area contributed by atoms with Crippen LogP contribution in [0.5, 0.6) is 0 Å². The summed E-state index contributed by atoms with van der Waals surface area (Å²) in [6, 6.07) is 3.02. The molecule has 1 fully saturated rings. The molecule has 4 nitrogen and oxygen atoms in total. The molecule has 0 saturated heterocycles. The Labute approximate surface area is 136 Å². The minimum atomic E-state index is -3.62. The molecular weight excluding hydrogens is 331 g/mol. The molecule has 2 N–H and O–H groups in total. The highest BCUT2D eigenvalue weighted by molar-refractivity contribution is 7.89. The van der Waals surface area contributed by atoms with Crippen molar-refractivity contribution in [1.82, 2.24) is 10.0 Å². The Morgan fingerprint density at radius 2 is 1.90 bits per heavy atom. The molecule has 118 valence electrons. The number of rotatable bonds is 7. The summed E-state index contributed by atoms with van der Waals surface area (Å²) in [5.74, 6) is 0. The third kappa shape index (κ3) is 3.90. The van der Waals surface area contributed by atoms with Crippen LogP contribution in [0.25, 0.3) is 0 Å². The average Bonchev–Trinajstić information content (AvgIpc) is 3.20. The van der Waals surface area contributed by atoms with Crippen molar-refractivity contribution in [3.8, 4) is 0 Å². The topological polar surface area (TPSA) is 58.2 Å². The number of hydrogen-bond donors (Lipinski definition) is 2. The summed E-state index contributed by atoms with van der Waals surface area (Å²) in [4.78, 5) is 0.0886. The quantitative estimate of drug-likeness (QED) is 0.793. The second-order valence-corrected chi connectivity index (χ2v) is 8.13. The molecule has 0 atom stereocenters. The lowest BCUT2D eigenvalue weighted by atomic mass is 10.1. The Kier molecular flexibility index (Phi) is 5.21. The molecule has 1 aliphatic carbocycles. The molecule has 7 heteroatoms. The molecule has 0 radical (unpaired) electrons. The normalized spacial score (nSPS) is 17.0. The SMILES string of the molecule is CCC1(CNS(=O)(=O)c2cc(CNC)c(Cl)cc2Cl)CC1. The number of nitrogens with one attached hydrogen (secondary N) is 2. The summed E-state index contributed by atoms with van der Waals surface area (Å²) in [5, 5.41) is 3.56. The summed E-state index contributed by atoms with van der Waals surface area (Å²) >= 11 is 12.1. The smallest absolute Gasteiger partial charge is 0.242 e. The van der Waals surface area contributed by atoms with Gasteiger partial charge in [0.15, 0.2) is 0 Å². The average molecular weight is 351 g/mol. The zero-order chi connectivity index (χ0) is 15.7.